The quantitative estimate of drug-likeness (QED) is 0.695. The molecule has 0 aromatic heterocycles. The third kappa shape index (κ3) is 4.09. The maximum atomic E-state index is 5.45. The Labute approximate surface area is 94.2 Å². The standard InChI is InChI=1S/C12H26N2O/c1-4-6-11(9-13-5-2)14(3)12-7-8-15-10-12/h11-13H,4-10H2,1-3H3. The first-order valence-corrected chi connectivity index (χ1v) is 6.30. The Morgan fingerprint density at radius 3 is 2.80 bits per heavy atom. The molecule has 0 aromatic rings. The van der Waals surface area contributed by atoms with Crippen LogP contribution in [0.15, 0.2) is 0 Å². The molecule has 1 aliphatic rings. The Hall–Kier alpha value is -0.120. The molecule has 0 bridgehead atoms. The molecule has 90 valence electrons. The van der Waals surface area contributed by atoms with Gasteiger partial charge in [-0.2, -0.15) is 0 Å². The molecule has 0 aliphatic carbocycles. The van der Waals surface area contributed by atoms with Crippen molar-refractivity contribution in [1.29, 1.82) is 0 Å². The lowest BCUT2D eigenvalue weighted by Crippen LogP contribution is -2.45. The Balaban J connectivity index is 2.37. The molecule has 1 saturated heterocycles. The summed E-state index contributed by atoms with van der Waals surface area (Å²) >= 11 is 0. The van der Waals surface area contributed by atoms with E-state index in [1.54, 1.807) is 0 Å². The SMILES string of the molecule is CCCC(CNCC)N(C)C1CCOC1. The first-order chi connectivity index (χ1) is 7.29. The van der Waals surface area contributed by atoms with Crippen molar-refractivity contribution in [3.63, 3.8) is 0 Å². The Kier molecular flexibility index (Phi) is 6.22. The lowest BCUT2D eigenvalue weighted by Gasteiger charge is -2.32. The number of hydrogen-bond acceptors (Lipinski definition) is 3. The summed E-state index contributed by atoms with van der Waals surface area (Å²) in [5.74, 6) is 0. The minimum Gasteiger partial charge on any atom is -0.380 e. The average molecular weight is 214 g/mol. The van der Waals surface area contributed by atoms with Gasteiger partial charge in [-0.15, -0.1) is 0 Å². The van der Waals surface area contributed by atoms with Crippen molar-refractivity contribution >= 4 is 0 Å². The molecule has 2 unspecified atom stereocenters. The van der Waals surface area contributed by atoms with Crippen molar-refractivity contribution in [3.8, 4) is 0 Å². The molecular weight excluding hydrogens is 188 g/mol. The Morgan fingerprint density at radius 1 is 1.47 bits per heavy atom. The fourth-order valence-corrected chi connectivity index (χ4v) is 2.24. The van der Waals surface area contributed by atoms with E-state index in [0.717, 1.165) is 26.3 Å². The third-order valence-electron chi connectivity index (χ3n) is 3.31. The minimum absolute atomic E-state index is 0.639. The van der Waals surface area contributed by atoms with Crippen molar-refractivity contribution < 1.29 is 4.74 Å². The van der Waals surface area contributed by atoms with Crippen LogP contribution in [-0.4, -0.2) is 50.3 Å². The van der Waals surface area contributed by atoms with Gasteiger partial charge in [0.1, 0.15) is 0 Å². The van der Waals surface area contributed by atoms with E-state index < -0.39 is 0 Å². The highest BCUT2D eigenvalue weighted by atomic mass is 16.5. The summed E-state index contributed by atoms with van der Waals surface area (Å²) in [6.45, 7) is 8.46. The highest BCUT2D eigenvalue weighted by Gasteiger charge is 2.25. The molecular formula is C12H26N2O. The molecule has 15 heavy (non-hydrogen) atoms. The van der Waals surface area contributed by atoms with Crippen LogP contribution in [0.2, 0.25) is 0 Å². The molecule has 1 heterocycles. The first-order valence-electron chi connectivity index (χ1n) is 6.30. The van der Waals surface area contributed by atoms with Crippen molar-refractivity contribution in [2.75, 3.05) is 33.4 Å². The summed E-state index contributed by atoms with van der Waals surface area (Å²) in [4.78, 5) is 2.51. The number of rotatable bonds is 7. The summed E-state index contributed by atoms with van der Waals surface area (Å²) in [6.07, 6.45) is 3.73. The molecule has 0 saturated carbocycles. The van der Waals surface area contributed by atoms with Crippen LogP contribution in [0.1, 0.15) is 33.1 Å². The van der Waals surface area contributed by atoms with E-state index >= 15 is 0 Å². The molecule has 1 aliphatic heterocycles. The van der Waals surface area contributed by atoms with Crippen LogP contribution in [0.4, 0.5) is 0 Å². The zero-order chi connectivity index (χ0) is 11.1. The number of nitrogens with one attached hydrogen (secondary N) is 1. The van der Waals surface area contributed by atoms with Crippen LogP contribution in [0.3, 0.4) is 0 Å². The highest BCUT2D eigenvalue weighted by Crippen LogP contribution is 2.15. The molecule has 0 amide bonds. The molecule has 1 fully saturated rings. The van der Waals surface area contributed by atoms with Crippen LogP contribution in [0.25, 0.3) is 0 Å². The second-order valence-corrected chi connectivity index (χ2v) is 4.43. The predicted octanol–water partition coefficient (Wildman–Crippen LogP) is 1.49. The van der Waals surface area contributed by atoms with Crippen LogP contribution >= 0.6 is 0 Å². The molecule has 1 N–H and O–H groups in total. The molecule has 0 radical (unpaired) electrons. The summed E-state index contributed by atoms with van der Waals surface area (Å²) in [7, 11) is 2.25. The summed E-state index contributed by atoms with van der Waals surface area (Å²) < 4.78 is 5.45. The zero-order valence-electron chi connectivity index (χ0n) is 10.5. The Morgan fingerprint density at radius 2 is 2.27 bits per heavy atom. The molecule has 0 aromatic carbocycles. The lowest BCUT2D eigenvalue weighted by molar-refractivity contribution is 0.126. The van der Waals surface area contributed by atoms with Gasteiger partial charge >= 0.3 is 0 Å². The zero-order valence-corrected chi connectivity index (χ0v) is 10.5. The van der Waals surface area contributed by atoms with E-state index in [1.807, 2.05) is 0 Å². The summed E-state index contributed by atoms with van der Waals surface area (Å²) in [5, 5.41) is 3.46. The third-order valence-corrected chi connectivity index (χ3v) is 3.31. The van der Waals surface area contributed by atoms with E-state index in [9.17, 15) is 0 Å². The molecule has 3 heteroatoms. The maximum absolute atomic E-state index is 5.45. The minimum atomic E-state index is 0.639. The largest absolute Gasteiger partial charge is 0.380 e. The monoisotopic (exact) mass is 214 g/mol. The van der Waals surface area contributed by atoms with E-state index in [-0.39, 0.29) is 0 Å². The smallest absolute Gasteiger partial charge is 0.0622 e. The summed E-state index contributed by atoms with van der Waals surface area (Å²) in [5.41, 5.74) is 0. The Bertz CT molecular complexity index is 158. The normalized spacial score (nSPS) is 23.6. The number of ether oxygens (including phenoxy) is 1. The molecule has 0 spiro atoms. The van der Waals surface area contributed by atoms with Crippen molar-refractivity contribution in [2.24, 2.45) is 0 Å². The second kappa shape index (κ2) is 7.20. The van der Waals surface area contributed by atoms with Gasteiger partial charge in [-0.3, -0.25) is 4.90 Å². The van der Waals surface area contributed by atoms with E-state index in [2.05, 4.69) is 31.1 Å². The number of nitrogens with zero attached hydrogens (tertiary/aromatic N) is 1. The van der Waals surface area contributed by atoms with Gasteiger partial charge in [0, 0.05) is 25.2 Å². The van der Waals surface area contributed by atoms with Crippen LogP contribution in [-0.2, 0) is 4.74 Å². The maximum Gasteiger partial charge on any atom is 0.0622 e. The predicted molar refractivity (Wildman–Crippen MR) is 64.2 cm³/mol. The van der Waals surface area contributed by atoms with Crippen molar-refractivity contribution in [2.45, 2.75) is 45.2 Å². The lowest BCUT2D eigenvalue weighted by atomic mass is 10.1. The van der Waals surface area contributed by atoms with Gasteiger partial charge in [0.05, 0.1) is 6.61 Å². The van der Waals surface area contributed by atoms with Crippen LogP contribution < -0.4 is 5.32 Å². The van der Waals surface area contributed by atoms with Crippen molar-refractivity contribution in [1.82, 2.24) is 10.2 Å². The second-order valence-electron chi connectivity index (χ2n) is 4.43. The van der Waals surface area contributed by atoms with Crippen LogP contribution in [0, 0.1) is 0 Å². The number of likely N-dealkylation sites (N-methyl/N-ethyl adjacent to an activating group) is 2. The average Bonchev–Trinajstić information content (AvgIpc) is 2.76. The number of hydrogen-bond donors (Lipinski definition) is 1. The van der Waals surface area contributed by atoms with Gasteiger partial charge in [-0.05, 0) is 26.4 Å². The molecule has 3 nitrogen and oxygen atoms in total. The van der Waals surface area contributed by atoms with E-state index in [0.29, 0.717) is 12.1 Å². The fraction of sp³-hybridized carbons (Fsp3) is 1.00. The summed E-state index contributed by atoms with van der Waals surface area (Å²) in [6, 6.07) is 1.31. The van der Waals surface area contributed by atoms with Crippen molar-refractivity contribution in [3.05, 3.63) is 0 Å². The van der Waals surface area contributed by atoms with Gasteiger partial charge in [0.25, 0.3) is 0 Å². The molecule has 1 rings (SSSR count). The fourth-order valence-electron chi connectivity index (χ4n) is 2.24. The topological polar surface area (TPSA) is 24.5 Å². The van der Waals surface area contributed by atoms with E-state index in [1.165, 1.54) is 19.3 Å². The van der Waals surface area contributed by atoms with Gasteiger partial charge in [-0.1, -0.05) is 20.3 Å². The van der Waals surface area contributed by atoms with Crippen LogP contribution in [0.5, 0.6) is 0 Å². The highest BCUT2D eigenvalue weighted by molar-refractivity contribution is 4.80. The first kappa shape index (κ1) is 12.9. The molecule has 2 atom stereocenters. The van der Waals surface area contributed by atoms with Gasteiger partial charge in [0.2, 0.25) is 0 Å². The van der Waals surface area contributed by atoms with Gasteiger partial charge < -0.3 is 10.1 Å². The van der Waals surface area contributed by atoms with Gasteiger partial charge in [-0.25, -0.2) is 0 Å². The van der Waals surface area contributed by atoms with Gasteiger partial charge in [0.15, 0.2) is 0 Å². The van der Waals surface area contributed by atoms with E-state index in [4.69, 9.17) is 4.74 Å².